The summed E-state index contributed by atoms with van der Waals surface area (Å²) in [5.74, 6) is -1.69. The fourth-order valence-corrected chi connectivity index (χ4v) is 1.69. The van der Waals surface area contributed by atoms with Gasteiger partial charge in [0.2, 0.25) is 0 Å². The Bertz CT molecular complexity index is 658. The molecule has 0 atom stereocenters. The SMILES string of the molecule is Cc1cnc(-c2cnc(OCC(F)(F)F)c(F)c2)c(C)n1. The van der Waals surface area contributed by atoms with Gasteiger partial charge in [-0.05, 0) is 19.9 Å². The Kier molecular flexibility index (Phi) is 4.06. The molecule has 0 aliphatic heterocycles. The van der Waals surface area contributed by atoms with Gasteiger partial charge in [-0.3, -0.25) is 9.97 Å². The van der Waals surface area contributed by atoms with Crippen LogP contribution in [-0.2, 0) is 0 Å². The van der Waals surface area contributed by atoms with Gasteiger partial charge in [0.05, 0.1) is 17.1 Å². The molecule has 0 aliphatic rings. The average molecular weight is 301 g/mol. The van der Waals surface area contributed by atoms with E-state index < -0.39 is 24.5 Å². The third kappa shape index (κ3) is 3.87. The van der Waals surface area contributed by atoms with Crippen molar-refractivity contribution in [3.8, 4) is 17.1 Å². The van der Waals surface area contributed by atoms with Gasteiger partial charge in [0.1, 0.15) is 0 Å². The zero-order valence-corrected chi connectivity index (χ0v) is 11.2. The van der Waals surface area contributed by atoms with E-state index in [0.29, 0.717) is 22.6 Å². The number of aromatic nitrogens is 3. The largest absolute Gasteiger partial charge is 0.466 e. The maximum Gasteiger partial charge on any atom is 0.422 e. The fourth-order valence-electron chi connectivity index (χ4n) is 1.69. The van der Waals surface area contributed by atoms with Crippen molar-refractivity contribution in [2.45, 2.75) is 20.0 Å². The first-order valence-electron chi connectivity index (χ1n) is 5.92. The van der Waals surface area contributed by atoms with Crippen LogP contribution >= 0.6 is 0 Å². The third-order valence-electron chi connectivity index (χ3n) is 2.52. The molecule has 0 radical (unpaired) electrons. The van der Waals surface area contributed by atoms with Gasteiger partial charge in [-0.25, -0.2) is 9.37 Å². The molecule has 2 rings (SSSR count). The van der Waals surface area contributed by atoms with Crippen LogP contribution in [-0.4, -0.2) is 27.7 Å². The summed E-state index contributed by atoms with van der Waals surface area (Å²) in [6.07, 6.45) is -1.85. The second kappa shape index (κ2) is 5.63. The first-order valence-corrected chi connectivity index (χ1v) is 5.92. The molecular formula is C13H11F4N3O. The minimum Gasteiger partial charge on any atom is -0.466 e. The van der Waals surface area contributed by atoms with Crippen molar-refractivity contribution in [1.82, 2.24) is 15.0 Å². The van der Waals surface area contributed by atoms with Gasteiger partial charge >= 0.3 is 6.18 Å². The van der Waals surface area contributed by atoms with Gasteiger partial charge in [-0.2, -0.15) is 13.2 Å². The summed E-state index contributed by atoms with van der Waals surface area (Å²) in [6.45, 7) is 1.86. The highest BCUT2D eigenvalue weighted by Gasteiger charge is 2.29. The minimum absolute atomic E-state index is 0.317. The van der Waals surface area contributed by atoms with E-state index in [1.54, 1.807) is 13.8 Å². The molecule has 8 heteroatoms. The van der Waals surface area contributed by atoms with Crippen LogP contribution in [0.25, 0.3) is 11.3 Å². The molecule has 0 spiro atoms. The molecule has 2 heterocycles. The van der Waals surface area contributed by atoms with E-state index in [9.17, 15) is 17.6 Å². The normalized spacial score (nSPS) is 11.5. The number of halogens is 4. The summed E-state index contributed by atoms with van der Waals surface area (Å²) in [7, 11) is 0. The van der Waals surface area contributed by atoms with Crippen LogP contribution in [0.3, 0.4) is 0 Å². The first-order chi connectivity index (χ1) is 9.76. The highest BCUT2D eigenvalue weighted by atomic mass is 19.4. The number of hydrogen-bond acceptors (Lipinski definition) is 4. The van der Waals surface area contributed by atoms with Crippen molar-refractivity contribution < 1.29 is 22.3 Å². The number of alkyl halides is 3. The van der Waals surface area contributed by atoms with Crippen LogP contribution in [0.1, 0.15) is 11.4 Å². The molecule has 0 saturated carbocycles. The van der Waals surface area contributed by atoms with E-state index in [2.05, 4.69) is 19.7 Å². The Morgan fingerprint density at radius 1 is 1.14 bits per heavy atom. The second-order valence-corrected chi connectivity index (χ2v) is 4.36. The predicted molar refractivity (Wildman–Crippen MR) is 66.2 cm³/mol. The van der Waals surface area contributed by atoms with E-state index in [4.69, 9.17) is 0 Å². The summed E-state index contributed by atoms with van der Waals surface area (Å²) < 4.78 is 54.1. The van der Waals surface area contributed by atoms with E-state index in [-0.39, 0.29) is 0 Å². The summed E-state index contributed by atoms with van der Waals surface area (Å²) >= 11 is 0. The molecule has 0 N–H and O–H groups in total. The highest BCUT2D eigenvalue weighted by molar-refractivity contribution is 5.60. The Balaban J connectivity index is 2.26. The molecule has 4 nitrogen and oxygen atoms in total. The van der Waals surface area contributed by atoms with Crippen molar-refractivity contribution in [3.05, 3.63) is 35.7 Å². The topological polar surface area (TPSA) is 47.9 Å². The van der Waals surface area contributed by atoms with Crippen molar-refractivity contribution in [2.24, 2.45) is 0 Å². The smallest absolute Gasteiger partial charge is 0.422 e. The molecule has 2 aromatic rings. The van der Waals surface area contributed by atoms with Crippen LogP contribution in [0.2, 0.25) is 0 Å². The number of hydrogen-bond donors (Lipinski definition) is 0. The molecule has 0 bridgehead atoms. The summed E-state index contributed by atoms with van der Waals surface area (Å²) in [6, 6.07) is 1.02. The maximum atomic E-state index is 13.7. The van der Waals surface area contributed by atoms with E-state index in [1.165, 1.54) is 12.4 Å². The van der Waals surface area contributed by atoms with Gasteiger partial charge in [0, 0.05) is 18.0 Å². The lowest BCUT2D eigenvalue weighted by molar-refractivity contribution is -0.154. The number of pyridine rings is 1. The zero-order chi connectivity index (χ0) is 15.6. The van der Waals surface area contributed by atoms with E-state index in [0.717, 1.165) is 6.07 Å². The quantitative estimate of drug-likeness (QED) is 0.817. The van der Waals surface area contributed by atoms with E-state index in [1.807, 2.05) is 0 Å². The van der Waals surface area contributed by atoms with E-state index >= 15 is 0 Å². The summed E-state index contributed by atoms with van der Waals surface area (Å²) in [4.78, 5) is 11.8. The number of ether oxygens (including phenoxy) is 1. The number of aryl methyl sites for hydroxylation is 2. The van der Waals surface area contributed by atoms with Crippen molar-refractivity contribution >= 4 is 0 Å². The summed E-state index contributed by atoms with van der Waals surface area (Å²) in [5, 5.41) is 0. The van der Waals surface area contributed by atoms with Gasteiger partial charge < -0.3 is 4.74 Å². The number of nitrogens with zero attached hydrogens (tertiary/aromatic N) is 3. The van der Waals surface area contributed by atoms with Gasteiger partial charge in [-0.1, -0.05) is 0 Å². The molecule has 112 valence electrons. The van der Waals surface area contributed by atoms with Gasteiger partial charge in [0.15, 0.2) is 12.4 Å². The second-order valence-electron chi connectivity index (χ2n) is 4.36. The molecule has 0 unspecified atom stereocenters. The van der Waals surface area contributed by atoms with Crippen LogP contribution in [0.4, 0.5) is 17.6 Å². The Morgan fingerprint density at radius 2 is 1.86 bits per heavy atom. The summed E-state index contributed by atoms with van der Waals surface area (Å²) in [5.41, 5.74) is 2.00. The lowest BCUT2D eigenvalue weighted by Gasteiger charge is -2.10. The Morgan fingerprint density at radius 3 is 2.43 bits per heavy atom. The molecule has 2 aromatic heterocycles. The molecule has 0 saturated heterocycles. The van der Waals surface area contributed by atoms with Crippen molar-refractivity contribution in [1.29, 1.82) is 0 Å². The lowest BCUT2D eigenvalue weighted by atomic mass is 10.1. The monoisotopic (exact) mass is 301 g/mol. The fraction of sp³-hybridized carbons (Fsp3) is 0.308. The van der Waals surface area contributed by atoms with Crippen LogP contribution in [0.5, 0.6) is 5.88 Å². The maximum absolute atomic E-state index is 13.7. The van der Waals surface area contributed by atoms with Gasteiger partial charge in [-0.15, -0.1) is 0 Å². The molecule has 0 aromatic carbocycles. The van der Waals surface area contributed by atoms with Gasteiger partial charge in [0.25, 0.3) is 5.88 Å². The number of rotatable bonds is 3. The molecular weight excluding hydrogens is 290 g/mol. The molecule has 0 amide bonds. The highest BCUT2D eigenvalue weighted by Crippen LogP contribution is 2.25. The standard InChI is InChI=1S/C13H11F4N3O/c1-7-4-18-11(8(2)20-7)9-3-10(14)12(19-5-9)21-6-13(15,16)17/h3-5H,6H2,1-2H3. The first kappa shape index (κ1) is 15.1. The van der Waals surface area contributed by atoms with Crippen LogP contribution < -0.4 is 4.74 Å². The Hall–Kier alpha value is -2.25. The molecule has 21 heavy (non-hydrogen) atoms. The molecule has 0 fully saturated rings. The predicted octanol–water partition coefficient (Wildman–Crippen LogP) is 3.24. The minimum atomic E-state index is -4.55. The average Bonchev–Trinajstić information content (AvgIpc) is 2.36. The zero-order valence-electron chi connectivity index (χ0n) is 11.2. The lowest BCUT2D eigenvalue weighted by Crippen LogP contribution is -2.20. The van der Waals surface area contributed by atoms with Crippen molar-refractivity contribution in [3.63, 3.8) is 0 Å². The molecule has 0 aliphatic carbocycles. The Labute approximate surface area is 117 Å². The van der Waals surface area contributed by atoms with Crippen LogP contribution in [0.15, 0.2) is 18.5 Å². The third-order valence-corrected chi connectivity index (χ3v) is 2.52. The van der Waals surface area contributed by atoms with Crippen molar-refractivity contribution in [2.75, 3.05) is 6.61 Å². The van der Waals surface area contributed by atoms with Crippen LogP contribution in [0, 0.1) is 19.7 Å².